The van der Waals surface area contributed by atoms with Gasteiger partial charge in [-0.1, -0.05) is 42.5 Å². The fourth-order valence-corrected chi connectivity index (χ4v) is 4.01. The molecule has 0 radical (unpaired) electrons. The summed E-state index contributed by atoms with van der Waals surface area (Å²) in [5, 5.41) is 2.51. The van der Waals surface area contributed by atoms with Crippen LogP contribution in [-0.2, 0) is 25.4 Å². The lowest BCUT2D eigenvalue weighted by Gasteiger charge is -2.34. The van der Waals surface area contributed by atoms with E-state index in [1.54, 1.807) is 11.9 Å². The highest BCUT2D eigenvalue weighted by Gasteiger charge is 2.20. The van der Waals surface area contributed by atoms with Crippen molar-refractivity contribution < 1.29 is 4.79 Å². The number of amides is 1. The van der Waals surface area contributed by atoms with Crippen LogP contribution in [0.4, 0.5) is 0 Å². The largest absolute Gasteiger partial charge is 0.337 e. The third kappa shape index (κ3) is 4.36. The molecular formula is C24H26N4O3. The Labute approximate surface area is 180 Å². The molecule has 1 aliphatic rings. The van der Waals surface area contributed by atoms with Gasteiger partial charge in [0.05, 0.1) is 5.56 Å². The van der Waals surface area contributed by atoms with Gasteiger partial charge in [-0.3, -0.25) is 19.1 Å². The summed E-state index contributed by atoms with van der Waals surface area (Å²) in [5.41, 5.74) is 0.804. The van der Waals surface area contributed by atoms with Gasteiger partial charge in [-0.25, -0.2) is 4.79 Å². The third-order valence-electron chi connectivity index (χ3n) is 5.84. The molecule has 1 aromatic heterocycles. The lowest BCUT2D eigenvalue weighted by atomic mass is 10.0. The van der Waals surface area contributed by atoms with Crippen molar-refractivity contribution in [2.24, 2.45) is 14.1 Å². The SMILES string of the molecule is Cn1cc(/C=C/C(=O)N2CCN(Cc3cccc4ccccc34)CC2)c(=O)n(C)c1=O. The normalized spacial score (nSPS) is 15.1. The quantitative estimate of drug-likeness (QED) is 0.604. The summed E-state index contributed by atoms with van der Waals surface area (Å²) in [6.45, 7) is 3.72. The van der Waals surface area contributed by atoms with Gasteiger partial charge < -0.3 is 9.47 Å². The van der Waals surface area contributed by atoms with E-state index in [9.17, 15) is 14.4 Å². The molecule has 7 heteroatoms. The van der Waals surface area contributed by atoms with Crippen molar-refractivity contribution in [1.29, 1.82) is 0 Å². The maximum atomic E-state index is 12.6. The van der Waals surface area contributed by atoms with E-state index in [0.29, 0.717) is 18.7 Å². The van der Waals surface area contributed by atoms with Crippen molar-refractivity contribution in [3.8, 4) is 0 Å². The zero-order valence-electron chi connectivity index (χ0n) is 17.8. The zero-order chi connectivity index (χ0) is 22.0. The number of hydrogen-bond acceptors (Lipinski definition) is 4. The Hall–Kier alpha value is -3.45. The van der Waals surface area contributed by atoms with Crippen LogP contribution in [0.25, 0.3) is 16.8 Å². The molecule has 0 spiro atoms. The van der Waals surface area contributed by atoms with Crippen molar-refractivity contribution in [3.63, 3.8) is 0 Å². The molecule has 7 nitrogen and oxygen atoms in total. The lowest BCUT2D eigenvalue weighted by Crippen LogP contribution is -2.47. The van der Waals surface area contributed by atoms with E-state index in [-0.39, 0.29) is 5.91 Å². The Morgan fingerprint density at radius 2 is 1.68 bits per heavy atom. The van der Waals surface area contributed by atoms with Gasteiger partial charge in [0.15, 0.2) is 0 Å². The van der Waals surface area contributed by atoms with Crippen LogP contribution >= 0.6 is 0 Å². The molecule has 0 aliphatic carbocycles. The fraction of sp³-hybridized carbons (Fsp3) is 0.292. The van der Waals surface area contributed by atoms with E-state index < -0.39 is 11.2 Å². The third-order valence-corrected chi connectivity index (χ3v) is 5.84. The van der Waals surface area contributed by atoms with Crippen LogP contribution in [0.1, 0.15) is 11.1 Å². The van der Waals surface area contributed by atoms with Crippen molar-refractivity contribution in [3.05, 3.63) is 86.7 Å². The lowest BCUT2D eigenvalue weighted by molar-refractivity contribution is -0.127. The molecule has 160 valence electrons. The first kappa shape index (κ1) is 20.8. The molecule has 1 aliphatic heterocycles. The number of hydrogen-bond donors (Lipinski definition) is 0. The average Bonchev–Trinajstić information content (AvgIpc) is 2.79. The minimum absolute atomic E-state index is 0.124. The average molecular weight is 418 g/mol. The molecular weight excluding hydrogens is 392 g/mol. The van der Waals surface area contributed by atoms with Gasteiger partial charge in [-0.2, -0.15) is 0 Å². The molecule has 0 atom stereocenters. The number of aromatic nitrogens is 2. The Bertz CT molecular complexity index is 1260. The smallest absolute Gasteiger partial charge is 0.330 e. The highest BCUT2D eigenvalue weighted by Crippen LogP contribution is 2.20. The Balaban J connectivity index is 1.39. The van der Waals surface area contributed by atoms with Crippen LogP contribution in [0, 0.1) is 0 Å². The second-order valence-corrected chi connectivity index (χ2v) is 7.92. The van der Waals surface area contributed by atoms with E-state index in [0.717, 1.165) is 24.2 Å². The molecule has 0 saturated carbocycles. The molecule has 3 aromatic rings. The summed E-state index contributed by atoms with van der Waals surface area (Å²) in [6.07, 6.45) is 4.37. The summed E-state index contributed by atoms with van der Waals surface area (Å²) in [4.78, 5) is 40.7. The molecule has 1 saturated heterocycles. The van der Waals surface area contributed by atoms with E-state index in [4.69, 9.17) is 0 Å². The molecule has 1 amide bonds. The number of fused-ring (bicyclic) bond motifs is 1. The first-order valence-corrected chi connectivity index (χ1v) is 10.4. The highest BCUT2D eigenvalue weighted by atomic mass is 16.2. The molecule has 31 heavy (non-hydrogen) atoms. The highest BCUT2D eigenvalue weighted by molar-refractivity contribution is 5.91. The second-order valence-electron chi connectivity index (χ2n) is 7.92. The van der Waals surface area contributed by atoms with E-state index in [1.807, 2.05) is 0 Å². The summed E-state index contributed by atoms with van der Waals surface area (Å²) in [5.74, 6) is -0.124. The summed E-state index contributed by atoms with van der Waals surface area (Å²) < 4.78 is 2.37. The van der Waals surface area contributed by atoms with E-state index in [2.05, 4.69) is 47.4 Å². The van der Waals surface area contributed by atoms with Gasteiger partial charge in [0, 0.05) is 59.1 Å². The van der Waals surface area contributed by atoms with Crippen LogP contribution < -0.4 is 11.2 Å². The molecule has 4 rings (SSSR count). The number of aryl methyl sites for hydroxylation is 1. The fourth-order valence-electron chi connectivity index (χ4n) is 4.01. The van der Waals surface area contributed by atoms with Crippen molar-refractivity contribution in [2.45, 2.75) is 6.54 Å². The maximum Gasteiger partial charge on any atom is 0.330 e. The number of nitrogens with zero attached hydrogens (tertiary/aromatic N) is 4. The van der Waals surface area contributed by atoms with Crippen molar-refractivity contribution >= 4 is 22.8 Å². The summed E-state index contributed by atoms with van der Waals surface area (Å²) in [7, 11) is 3.01. The van der Waals surface area contributed by atoms with E-state index in [1.165, 1.54) is 46.3 Å². The maximum absolute atomic E-state index is 12.6. The predicted octanol–water partition coefficient (Wildman–Crippen LogP) is 1.59. The molecule has 0 unspecified atom stereocenters. The minimum atomic E-state index is -0.410. The standard InChI is InChI=1S/C24H26N4O3/c1-25-16-20(23(30)26(2)24(25)31)10-11-22(29)28-14-12-27(13-15-28)17-19-8-5-7-18-6-3-4-9-21(18)19/h3-11,16H,12-15,17H2,1-2H3/b11-10+. The zero-order valence-corrected chi connectivity index (χ0v) is 17.8. The first-order valence-electron chi connectivity index (χ1n) is 10.4. The molecule has 1 fully saturated rings. The van der Waals surface area contributed by atoms with Crippen LogP contribution in [0.5, 0.6) is 0 Å². The summed E-state index contributed by atoms with van der Waals surface area (Å²) in [6, 6.07) is 14.8. The minimum Gasteiger partial charge on any atom is -0.337 e. The molecule has 0 N–H and O–H groups in total. The van der Waals surface area contributed by atoms with Crippen LogP contribution in [0.2, 0.25) is 0 Å². The number of piperazine rings is 1. The first-order chi connectivity index (χ1) is 14.9. The molecule has 2 heterocycles. The topological polar surface area (TPSA) is 67.6 Å². The summed E-state index contributed by atoms with van der Waals surface area (Å²) >= 11 is 0. The second kappa shape index (κ2) is 8.73. The molecule has 0 bridgehead atoms. The van der Waals surface area contributed by atoms with E-state index >= 15 is 0 Å². The van der Waals surface area contributed by atoms with Crippen LogP contribution in [-0.4, -0.2) is 51.0 Å². The van der Waals surface area contributed by atoms with Gasteiger partial charge in [0.2, 0.25) is 5.91 Å². The van der Waals surface area contributed by atoms with Gasteiger partial charge in [0.1, 0.15) is 0 Å². The van der Waals surface area contributed by atoms with Gasteiger partial charge in [-0.05, 0) is 22.4 Å². The van der Waals surface area contributed by atoms with Crippen LogP contribution in [0.3, 0.4) is 0 Å². The monoisotopic (exact) mass is 418 g/mol. The Morgan fingerprint density at radius 1 is 0.968 bits per heavy atom. The predicted molar refractivity (Wildman–Crippen MR) is 122 cm³/mol. The number of carbonyl (C=O) groups excluding carboxylic acids is 1. The number of rotatable bonds is 4. The van der Waals surface area contributed by atoms with Gasteiger partial charge in [0.25, 0.3) is 5.56 Å². The Morgan fingerprint density at radius 3 is 2.45 bits per heavy atom. The van der Waals surface area contributed by atoms with Gasteiger partial charge >= 0.3 is 5.69 Å². The Kier molecular flexibility index (Phi) is 5.86. The van der Waals surface area contributed by atoms with Gasteiger partial charge in [-0.15, -0.1) is 0 Å². The van der Waals surface area contributed by atoms with Crippen LogP contribution in [0.15, 0.2) is 64.3 Å². The number of benzene rings is 2. The van der Waals surface area contributed by atoms with Crippen molar-refractivity contribution in [2.75, 3.05) is 26.2 Å². The number of carbonyl (C=O) groups is 1. The molecule has 2 aromatic carbocycles. The van der Waals surface area contributed by atoms with Crippen molar-refractivity contribution in [1.82, 2.24) is 18.9 Å².